The largest absolute Gasteiger partial charge is 0.351 e. The predicted molar refractivity (Wildman–Crippen MR) is 150 cm³/mol. The van der Waals surface area contributed by atoms with E-state index in [4.69, 9.17) is 14.8 Å². The molecule has 4 aromatic rings. The van der Waals surface area contributed by atoms with Crippen LogP contribution in [-0.2, 0) is 14.8 Å². The number of rotatable bonds is 9. The molecule has 1 aromatic heterocycles. The Kier molecular flexibility index (Phi) is 8.18. The molecule has 5 N–H and O–H groups in total. The van der Waals surface area contributed by atoms with Crippen LogP contribution >= 0.6 is 8.53 Å². The first-order chi connectivity index (χ1) is 18.9. The summed E-state index contributed by atoms with van der Waals surface area (Å²) in [6, 6.07) is 30.1. The third kappa shape index (κ3) is 5.65. The number of hydrogen-bond donors (Lipinski definition) is 4. The first kappa shape index (κ1) is 27.1. The molecular formula is C29H31N4O5P. The molecule has 39 heavy (non-hydrogen) atoms. The van der Waals surface area contributed by atoms with Crippen LogP contribution in [0.4, 0.5) is 0 Å². The van der Waals surface area contributed by atoms with Gasteiger partial charge in [0.25, 0.3) is 5.56 Å². The van der Waals surface area contributed by atoms with Crippen molar-refractivity contribution < 1.29 is 14.2 Å². The lowest BCUT2D eigenvalue weighted by Gasteiger charge is -2.40. The van der Waals surface area contributed by atoms with Crippen molar-refractivity contribution in [3.63, 3.8) is 0 Å². The summed E-state index contributed by atoms with van der Waals surface area (Å²) in [7, 11) is -2.11. The van der Waals surface area contributed by atoms with E-state index in [1.54, 1.807) is 6.92 Å². The number of nitrogens with two attached hydrogens (primary N) is 1. The van der Waals surface area contributed by atoms with Gasteiger partial charge in [-0.15, -0.1) is 0 Å². The van der Waals surface area contributed by atoms with Crippen molar-refractivity contribution in [3.8, 4) is 0 Å². The molecule has 1 aliphatic heterocycles. The number of ether oxygens (including phenoxy) is 1. The molecule has 0 radical (unpaired) electrons. The third-order valence-electron chi connectivity index (χ3n) is 7.09. The predicted octanol–water partition coefficient (Wildman–Crippen LogP) is 3.28. The molecule has 10 heteroatoms. The normalized spacial score (nSPS) is 20.1. The van der Waals surface area contributed by atoms with E-state index in [0.717, 1.165) is 16.7 Å². The summed E-state index contributed by atoms with van der Waals surface area (Å²) in [6.45, 7) is 1.65. The van der Waals surface area contributed by atoms with Gasteiger partial charge in [0.15, 0.2) is 0 Å². The number of aromatic nitrogens is 2. The Balaban J connectivity index is 1.63. The zero-order valence-electron chi connectivity index (χ0n) is 21.4. The van der Waals surface area contributed by atoms with Crippen molar-refractivity contribution in [3.05, 3.63) is 140 Å². The Morgan fingerprint density at radius 3 is 2.00 bits per heavy atom. The number of aryl methyl sites for hydroxylation is 1. The van der Waals surface area contributed by atoms with Gasteiger partial charge in [-0.2, -0.15) is 0 Å². The number of nitrogens with one attached hydrogen (secondary N) is 2. The van der Waals surface area contributed by atoms with Crippen molar-refractivity contribution in [2.45, 2.75) is 37.3 Å². The molecule has 202 valence electrons. The fraction of sp³-hybridized carbons (Fsp3) is 0.241. The molecule has 2 heterocycles. The average Bonchev–Trinajstić information content (AvgIpc) is 3.36. The van der Waals surface area contributed by atoms with Gasteiger partial charge in [-0.25, -0.2) is 4.79 Å². The van der Waals surface area contributed by atoms with Gasteiger partial charge in [0.05, 0.1) is 18.2 Å². The molecule has 1 unspecified atom stereocenters. The molecule has 0 amide bonds. The number of benzene rings is 3. The van der Waals surface area contributed by atoms with E-state index < -0.39 is 37.6 Å². The van der Waals surface area contributed by atoms with E-state index >= 15 is 0 Å². The average molecular weight is 547 g/mol. The fourth-order valence-electron chi connectivity index (χ4n) is 5.25. The molecule has 1 aliphatic rings. The molecule has 5 rings (SSSR count). The maximum Gasteiger partial charge on any atom is 0.330 e. The minimum atomic E-state index is -2.11. The third-order valence-corrected chi connectivity index (χ3v) is 7.50. The summed E-state index contributed by atoms with van der Waals surface area (Å²) in [4.78, 5) is 36.8. The molecule has 0 spiro atoms. The van der Waals surface area contributed by atoms with Crippen LogP contribution < -0.4 is 22.1 Å². The highest BCUT2D eigenvalue weighted by Gasteiger charge is 2.45. The molecule has 4 atom stereocenters. The van der Waals surface area contributed by atoms with Crippen LogP contribution in [0.2, 0.25) is 0 Å². The van der Waals surface area contributed by atoms with Crippen molar-refractivity contribution in [2.24, 2.45) is 5.50 Å². The van der Waals surface area contributed by atoms with Gasteiger partial charge in [-0.05, 0) is 23.6 Å². The second-order valence-corrected chi connectivity index (χ2v) is 10.4. The van der Waals surface area contributed by atoms with Gasteiger partial charge in [0.2, 0.25) is 8.53 Å². The fourth-order valence-corrected chi connectivity index (χ4v) is 5.55. The van der Waals surface area contributed by atoms with Crippen molar-refractivity contribution in [1.29, 1.82) is 0 Å². The molecule has 0 saturated carbocycles. The SMILES string of the molecule is Cc1cn([C@H]2C[C@H](NC(c3ccccc3)(c3ccccc3)c3ccccc3)[C@@H](COP(N)O)O2)c(=O)[nH]c1=O. The number of H-pyrrole nitrogens is 1. The van der Waals surface area contributed by atoms with Gasteiger partial charge in [0, 0.05) is 24.2 Å². The van der Waals surface area contributed by atoms with E-state index in [-0.39, 0.29) is 12.6 Å². The van der Waals surface area contributed by atoms with Gasteiger partial charge < -0.3 is 14.2 Å². The maximum absolute atomic E-state index is 12.7. The van der Waals surface area contributed by atoms with Crippen LogP contribution in [-0.4, -0.2) is 33.2 Å². The summed E-state index contributed by atoms with van der Waals surface area (Å²) >= 11 is 0. The topological polar surface area (TPSA) is 132 Å². The highest BCUT2D eigenvalue weighted by Crippen LogP contribution is 2.40. The molecular weight excluding hydrogens is 515 g/mol. The van der Waals surface area contributed by atoms with Crippen LogP contribution in [0.15, 0.2) is 107 Å². The standard InChI is InChI=1S/C29H31N4O5P/c1-20-18-33(28(35)31-27(20)34)26-17-24(25(38-26)19-37-39(30)36)32-29(21-11-5-2-6-12-21,22-13-7-3-8-14-22)23-15-9-4-10-16-23/h2-16,18,24-26,32,36H,17,19,30H2,1H3,(H,31,34,35)/t24-,25+,26+,39?/m0/s1. The van der Waals surface area contributed by atoms with Gasteiger partial charge in [0.1, 0.15) is 6.23 Å². The van der Waals surface area contributed by atoms with Gasteiger partial charge in [-0.3, -0.25) is 25.2 Å². The Hall–Kier alpha value is -3.43. The first-order valence-corrected chi connectivity index (χ1v) is 13.9. The van der Waals surface area contributed by atoms with Crippen molar-refractivity contribution >= 4 is 8.53 Å². The minimum absolute atomic E-state index is 0.0123. The second-order valence-electron chi connectivity index (χ2n) is 9.54. The first-order valence-electron chi connectivity index (χ1n) is 12.7. The van der Waals surface area contributed by atoms with E-state index in [1.807, 2.05) is 54.6 Å². The summed E-state index contributed by atoms with van der Waals surface area (Å²) in [5, 5.41) is 3.89. The lowest BCUT2D eigenvalue weighted by molar-refractivity contribution is -0.0250. The van der Waals surface area contributed by atoms with Crippen LogP contribution in [0, 0.1) is 6.92 Å². The lowest BCUT2D eigenvalue weighted by atomic mass is 9.76. The lowest BCUT2D eigenvalue weighted by Crippen LogP contribution is -2.53. The summed E-state index contributed by atoms with van der Waals surface area (Å²) in [5.41, 5.74) is 7.23. The molecule has 9 nitrogen and oxygen atoms in total. The van der Waals surface area contributed by atoms with Crippen LogP contribution in [0.5, 0.6) is 0 Å². The zero-order chi connectivity index (χ0) is 27.4. The number of nitrogens with zero attached hydrogens (tertiary/aromatic N) is 1. The van der Waals surface area contributed by atoms with E-state index in [2.05, 4.69) is 46.7 Å². The van der Waals surface area contributed by atoms with Crippen LogP contribution in [0.3, 0.4) is 0 Å². The molecule has 0 bridgehead atoms. The summed E-state index contributed by atoms with van der Waals surface area (Å²) < 4.78 is 13.2. The molecule has 1 fully saturated rings. The molecule has 1 saturated heterocycles. The number of aromatic amines is 1. The van der Waals surface area contributed by atoms with Crippen molar-refractivity contribution in [1.82, 2.24) is 14.9 Å². The van der Waals surface area contributed by atoms with E-state index in [0.29, 0.717) is 12.0 Å². The number of hydrogen-bond acceptors (Lipinski definition) is 7. The highest BCUT2D eigenvalue weighted by molar-refractivity contribution is 7.43. The summed E-state index contributed by atoms with van der Waals surface area (Å²) in [6.07, 6.45) is 0.654. The molecule has 0 aliphatic carbocycles. The molecule has 3 aromatic carbocycles. The quantitative estimate of drug-likeness (QED) is 0.187. The van der Waals surface area contributed by atoms with Crippen LogP contribution in [0.25, 0.3) is 0 Å². The highest BCUT2D eigenvalue weighted by atomic mass is 31.2. The smallest absolute Gasteiger partial charge is 0.330 e. The van der Waals surface area contributed by atoms with Crippen molar-refractivity contribution in [2.75, 3.05) is 6.61 Å². The van der Waals surface area contributed by atoms with Gasteiger partial charge in [-0.1, -0.05) is 91.0 Å². The zero-order valence-corrected chi connectivity index (χ0v) is 22.3. The Labute approximate surface area is 227 Å². The Morgan fingerprint density at radius 2 is 1.51 bits per heavy atom. The Morgan fingerprint density at radius 1 is 1.00 bits per heavy atom. The second kappa shape index (κ2) is 11.8. The monoisotopic (exact) mass is 546 g/mol. The van der Waals surface area contributed by atoms with Crippen LogP contribution in [0.1, 0.15) is 34.9 Å². The van der Waals surface area contributed by atoms with Gasteiger partial charge >= 0.3 is 5.69 Å². The summed E-state index contributed by atoms with van der Waals surface area (Å²) in [5.74, 6) is 0. The Bertz CT molecular complexity index is 1400. The van der Waals surface area contributed by atoms with E-state index in [1.165, 1.54) is 10.8 Å². The van der Waals surface area contributed by atoms with E-state index in [9.17, 15) is 14.5 Å². The maximum atomic E-state index is 12.7. The minimum Gasteiger partial charge on any atom is -0.351 e.